The molecule has 130 valence electrons. The zero-order valence-electron chi connectivity index (χ0n) is 13.3. The highest BCUT2D eigenvalue weighted by atomic mass is 79.9. The Kier molecular flexibility index (Phi) is 5.55. The predicted octanol–water partition coefficient (Wildman–Crippen LogP) is 3.20. The number of carbonyl (C=O) groups is 1. The lowest BCUT2D eigenvalue weighted by Crippen LogP contribution is -2.10. The van der Waals surface area contributed by atoms with E-state index in [9.17, 15) is 9.59 Å². The molecule has 8 heteroatoms. The first-order valence-corrected chi connectivity index (χ1v) is 8.32. The number of hydrogen-bond donors (Lipinski definition) is 2. The van der Waals surface area contributed by atoms with Crippen LogP contribution in [0.15, 0.2) is 75.2 Å². The average Bonchev–Trinajstić information content (AvgIpc) is 2.62. The van der Waals surface area contributed by atoms with Gasteiger partial charge >= 0.3 is 11.7 Å². The number of esters is 1. The Hall–Kier alpha value is -3.26. The molecular formula is C18H13BrN4O3. The van der Waals surface area contributed by atoms with E-state index in [0.717, 1.165) is 0 Å². The third-order valence-electron chi connectivity index (χ3n) is 3.24. The minimum Gasteiger partial charge on any atom is -0.423 e. The zero-order valence-corrected chi connectivity index (χ0v) is 14.9. The fourth-order valence-corrected chi connectivity index (χ4v) is 2.50. The van der Waals surface area contributed by atoms with Crippen LogP contribution in [0, 0.1) is 0 Å². The number of ether oxygens (including phenoxy) is 1. The highest BCUT2D eigenvalue weighted by molar-refractivity contribution is 9.10. The smallest absolute Gasteiger partial charge is 0.346 e. The Morgan fingerprint density at radius 1 is 1.19 bits per heavy atom. The molecule has 0 spiro atoms. The molecule has 1 aromatic heterocycles. The number of aromatic nitrogens is 2. The monoisotopic (exact) mass is 412 g/mol. The molecule has 0 bridgehead atoms. The topological polar surface area (TPSA) is 96.4 Å². The fraction of sp³-hybridized carbons (Fsp3) is 0. The number of anilines is 1. The van der Waals surface area contributed by atoms with Crippen molar-refractivity contribution in [1.82, 2.24) is 9.97 Å². The molecule has 2 N–H and O–H groups in total. The van der Waals surface area contributed by atoms with Crippen LogP contribution in [0.25, 0.3) is 0 Å². The molecule has 0 saturated carbocycles. The summed E-state index contributed by atoms with van der Waals surface area (Å²) >= 11 is 3.33. The van der Waals surface area contributed by atoms with E-state index in [1.54, 1.807) is 48.5 Å². The molecule has 7 nitrogen and oxygen atoms in total. The first-order chi connectivity index (χ1) is 12.6. The molecule has 3 rings (SSSR count). The molecule has 3 aromatic rings. The third kappa shape index (κ3) is 4.64. The highest BCUT2D eigenvalue weighted by Crippen LogP contribution is 2.19. The first-order valence-electron chi connectivity index (χ1n) is 7.53. The predicted molar refractivity (Wildman–Crippen MR) is 102 cm³/mol. The van der Waals surface area contributed by atoms with Crippen LogP contribution in [0.3, 0.4) is 0 Å². The first kappa shape index (κ1) is 17.6. The number of nitrogens with one attached hydrogen (secondary N) is 2. The number of aromatic amines is 1. The summed E-state index contributed by atoms with van der Waals surface area (Å²) in [5.74, 6) is 0.351. The van der Waals surface area contributed by atoms with Crippen LogP contribution >= 0.6 is 15.9 Å². The summed E-state index contributed by atoms with van der Waals surface area (Å²) in [6, 6.07) is 15.5. The second-order valence-electron chi connectivity index (χ2n) is 5.10. The van der Waals surface area contributed by atoms with Crippen molar-refractivity contribution >= 4 is 33.9 Å². The number of halogens is 1. The van der Waals surface area contributed by atoms with Crippen molar-refractivity contribution in [2.75, 3.05) is 5.43 Å². The van der Waals surface area contributed by atoms with Gasteiger partial charge in [0.25, 0.3) is 0 Å². The molecule has 0 aliphatic carbocycles. The van der Waals surface area contributed by atoms with Crippen molar-refractivity contribution in [3.05, 3.63) is 86.9 Å². The lowest BCUT2D eigenvalue weighted by atomic mass is 10.2. The Morgan fingerprint density at radius 3 is 2.85 bits per heavy atom. The summed E-state index contributed by atoms with van der Waals surface area (Å²) < 4.78 is 6.06. The van der Waals surface area contributed by atoms with Crippen LogP contribution in [0.4, 0.5) is 5.82 Å². The minimum atomic E-state index is -0.466. The number of carbonyl (C=O) groups excluding carboxylic acids is 1. The Bertz CT molecular complexity index is 1020. The maximum atomic E-state index is 12.2. The van der Waals surface area contributed by atoms with E-state index in [1.807, 2.05) is 6.07 Å². The second kappa shape index (κ2) is 8.21. The van der Waals surface area contributed by atoms with Gasteiger partial charge in [-0.3, -0.25) is 10.4 Å². The van der Waals surface area contributed by atoms with Gasteiger partial charge in [-0.25, -0.2) is 14.6 Å². The highest BCUT2D eigenvalue weighted by Gasteiger charge is 2.11. The maximum Gasteiger partial charge on any atom is 0.346 e. The average molecular weight is 413 g/mol. The normalized spacial score (nSPS) is 10.7. The SMILES string of the molecule is O=C(Oc1cccc(/C=N/Nc2ccnc(=O)[nH]2)c1)c1ccccc1Br. The van der Waals surface area contributed by atoms with E-state index in [2.05, 4.69) is 36.4 Å². The molecule has 0 aliphatic rings. The third-order valence-corrected chi connectivity index (χ3v) is 3.93. The van der Waals surface area contributed by atoms with E-state index in [-0.39, 0.29) is 0 Å². The molecule has 0 fully saturated rings. The van der Waals surface area contributed by atoms with Gasteiger partial charge in [0.2, 0.25) is 0 Å². The van der Waals surface area contributed by atoms with Gasteiger partial charge in [0.1, 0.15) is 11.6 Å². The van der Waals surface area contributed by atoms with Gasteiger partial charge in [-0.15, -0.1) is 0 Å². The summed E-state index contributed by atoms with van der Waals surface area (Å²) in [6.07, 6.45) is 2.91. The van der Waals surface area contributed by atoms with Crippen LogP contribution in [-0.4, -0.2) is 22.2 Å². The molecule has 0 amide bonds. The molecule has 2 aromatic carbocycles. The van der Waals surface area contributed by atoms with Crippen molar-refractivity contribution in [3.63, 3.8) is 0 Å². The summed E-state index contributed by atoms with van der Waals surface area (Å²) in [7, 11) is 0. The van der Waals surface area contributed by atoms with Crippen molar-refractivity contribution in [1.29, 1.82) is 0 Å². The van der Waals surface area contributed by atoms with E-state index in [1.165, 1.54) is 12.4 Å². The summed E-state index contributed by atoms with van der Waals surface area (Å²) in [5, 5.41) is 4.02. The molecule has 0 saturated heterocycles. The summed E-state index contributed by atoms with van der Waals surface area (Å²) in [5.41, 5.74) is 3.37. The number of rotatable bonds is 5. The quantitative estimate of drug-likeness (QED) is 0.290. The molecule has 1 heterocycles. The van der Waals surface area contributed by atoms with Gasteiger partial charge in [0, 0.05) is 10.7 Å². The fourth-order valence-electron chi connectivity index (χ4n) is 2.06. The summed E-state index contributed by atoms with van der Waals surface area (Å²) in [4.78, 5) is 29.4. The van der Waals surface area contributed by atoms with Gasteiger partial charge in [0.15, 0.2) is 0 Å². The number of benzene rings is 2. The number of H-pyrrole nitrogens is 1. The molecule has 26 heavy (non-hydrogen) atoms. The summed E-state index contributed by atoms with van der Waals surface area (Å²) in [6.45, 7) is 0. The van der Waals surface area contributed by atoms with E-state index in [4.69, 9.17) is 4.74 Å². The number of hydrazone groups is 1. The van der Waals surface area contributed by atoms with Gasteiger partial charge in [-0.05, 0) is 51.8 Å². The number of nitrogens with zero attached hydrogens (tertiary/aromatic N) is 2. The van der Waals surface area contributed by atoms with Crippen LogP contribution in [0.2, 0.25) is 0 Å². The van der Waals surface area contributed by atoms with Gasteiger partial charge < -0.3 is 4.74 Å². The van der Waals surface area contributed by atoms with E-state index in [0.29, 0.717) is 27.2 Å². The second-order valence-corrected chi connectivity index (χ2v) is 5.95. The molecule has 0 radical (unpaired) electrons. The Labute approximate surface area is 156 Å². The molecule has 0 atom stereocenters. The largest absolute Gasteiger partial charge is 0.423 e. The minimum absolute atomic E-state index is 0.395. The lowest BCUT2D eigenvalue weighted by Gasteiger charge is -2.06. The maximum absolute atomic E-state index is 12.2. The van der Waals surface area contributed by atoms with Gasteiger partial charge in [-0.1, -0.05) is 24.3 Å². The standard InChI is InChI=1S/C18H13BrN4O3/c19-15-7-2-1-6-14(15)17(24)26-13-5-3-4-12(10-13)11-21-23-16-8-9-20-18(25)22-16/h1-11H,(H2,20,22,23,25)/b21-11+. The van der Waals surface area contributed by atoms with Gasteiger partial charge in [0.05, 0.1) is 11.8 Å². The van der Waals surface area contributed by atoms with E-state index >= 15 is 0 Å². The Balaban J connectivity index is 1.68. The molecule has 0 aliphatic heterocycles. The van der Waals surface area contributed by atoms with E-state index < -0.39 is 11.7 Å². The van der Waals surface area contributed by atoms with Crippen molar-refractivity contribution in [2.45, 2.75) is 0 Å². The van der Waals surface area contributed by atoms with Crippen LogP contribution in [-0.2, 0) is 0 Å². The number of hydrogen-bond acceptors (Lipinski definition) is 6. The van der Waals surface area contributed by atoms with Crippen LogP contribution in [0.1, 0.15) is 15.9 Å². The van der Waals surface area contributed by atoms with Crippen LogP contribution < -0.4 is 15.9 Å². The molecule has 0 unspecified atom stereocenters. The molecular weight excluding hydrogens is 400 g/mol. The van der Waals surface area contributed by atoms with Crippen molar-refractivity contribution in [2.24, 2.45) is 5.10 Å². The van der Waals surface area contributed by atoms with Crippen molar-refractivity contribution in [3.8, 4) is 5.75 Å². The zero-order chi connectivity index (χ0) is 18.4. The Morgan fingerprint density at radius 2 is 2.04 bits per heavy atom. The van der Waals surface area contributed by atoms with Crippen LogP contribution in [0.5, 0.6) is 5.75 Å². The van der Waals surface area contributed by atoms with Gasteiger partial charge in [-0.2, -0.15) is 5.10 Å². The lowest BCUT2D eigenvalue weighted by molar-refractivity contribution is 0.0734. The van der Waals surface area contributed by atoms with Crippen molar-refractivity contribution < 1.29 is 9.53 Å².